The van der Waals surface area contributed by atoms with Crippen molar-refractivity contribution in [1.82, 2.24) is 10.2 Å². The van der Waals surface area contributed by atoms with Crippen molar-refractivity contribution in [2.45, 2.75) is 52.1 Å². The van der Waals surface area contributed by atoms with Crippen molar-refractivity contribution in [3.8, 4) is 5.75 Å². The molecule has 7 nitrogen and oxygen atoms in total. The summed E-state index contributed by atoms with van der Waals surface area (Å²) >= 11 is 0. The number of carbonyl (C=O) groups is 2. The first-order valence-electron chi connectivity index (χ1n) is 9.95. The zero-order valence-electron chi connectivity index (χ0n) is 17.3. The van der Waals surface area contributed by atoms with E-state index in [1.165, 1.54) is 25.5 Å². The summed E-state index contributed by atoms with van der Waals surface area (Å²) in [5.74, 6) is 0.362. The van der Waals surface area contributed by atoms with Crippen LogP contribution in [-0.4, -0.2) is 56.2 Å². The second-order valence-corrected chi connectivity index (χ2v) is 7.39. The third kappa shape index (κ3) is 6.49. The lowest BCUT2D eigenvalue weighted by atomic mass is 9.99. The van der Waals surface area contributed by atoms with Crippen molar-refractivity contribution in [2.75, 3.05) is 33.4 Å². The maximum atomic E-state index is 11.8. The number of hydrogen-bond acceptors (Lipinski definition) is 6. The Bertz CT molecular complexity index is 655. The number of ether oxygens (including phenoxy) is 2. The van der Waals surface area contributed by atoms with Crippen LogP contribution >= 0.6 is 0 Å². The van der Waals surface area contributed by atoms with E-state index in [1.807, 2.05) is 13.8 Å². The molecule has 0 radical (unpaired) electrons. The van der Waals surface area contributed by atoms with Crippen molar-refractivity contribution in [3.63, 3.8) is 0 Å². The number of piperidine rings is 1. The fraction of sp³-hybridized carbons (Fsp3) is 0.619. The van der Waals surface area contributed by atoms with Gasteiger partial charge in [0.1, 0.15) is 5.75 Å². The van der Waals surface area contributed by atoms with E-state index in [0.717, 1.165) is 36.4 Å². The largest absolute Gasteiger partial charge is 0.481 e. The maximum Gasteiger partial charge on any atom is 0.343 e. The van der Waals surface area contributed by atoms with E-state index >= 15 is 0 Å². The van der Waals surface area contributed by atoms with Gasteiger partial charge in [0.2, 0.25) is 5.91 Å². The number of carbonyl (C=O) groups excluding carboxylic acids is 2. The van der Waals surface area contributed by atoms with Gasteiger partial charge in [-0.25, -0.2) is 4.79 Å². The van der Waals surface area contributed by atoms with Crippen LogP contribution in [0, 0.1) is 13.8 Å². The van der Waals surface area contributed by atoms with E-state index in [9.17, 15) is 9.59 Å². The second kappa shape index (κ2) is 11.0. The molecule has 1 heterocycles. The van der Waals surface area contributed by atoms with Crippen molar-refractivity contribution in [3.05, 3.63) is 28.8 Å². The summed E-state index contributed by atoms with van der Waals surface area (Å²) in [6.45, 7) is 6.79. The van der Waals surface area contributed by atoms with Gasteiger partial charge in [-0.2, -0.15) is 0 Å². The molecule has 1 unspecified atom stereocenters. The van der Waals surface area contributed by atoms with Crippen LogP contribution in [0.2, 0.25) is 0 Å². The van der Waals surface area contributed by atoms with E-state index in [-0.39, 0.29) is 12.5 Å². The number of methoxy groups -OCH3 is 1. The molecule has 28 heavy (non-hydrogen) atoms. The molecular weight excluding hydrogens is 358 g/mol. The Morgan fingerprint density at radius 1 is 1.25 bits per heavy atom. The number of nitrogens with one attached hydrogen (secondary N) is 1. The first-order chi connectivity index (χ1) is 13.4. The van der Waals surface area contributed by atoms with Crippen LogP contribution in [-0.2, 0) is 20.9 Å². The standard InChI is InChI=1S/C21H33N3O4/c1-15-10-17(11-16(2)21(15)28-14-20(26)27-3)13-24-9-5-4-6-18(24)12-23-19(25)7-8-22/h10-11,18H,4-9,12-14,22H2,1-3H3,(H,23,25). The molecular formula is C21H33N3O4. The second-order valence-electron chi connectivity index (χ2n) is 7.39. The highest BCUT2D eigenvalue weighted by Gasteiger charge is 2.23. The van der Waals surface area contributed by atoms with Gasteiger partial charge in [0.15, 0.2) is 6.61 Å². The predicted octanol–water partition coefficient (Wildman–Crippen LogP) is 1.67. The Morgan fingerprint density at radius 3 is 2.61 bits per heavy atom. The number of aryl methyl sites for hydroxylation is 2. The topological polar surface area (TPSA) is 93.9 Å². The number of rotatable bonds is 9. The predicted molar refractivity (Wildman–Crippen MR) is 108 cm³/mol. The molecule has 0 aliphatic carbocycles. The van der Waals surface area contributed by atoms with Crippen LogP contribution in [0.1, 0.15) is 42.4 Å². The lowest BCUT2D eigenvalue weighted by Crippen LogP contribution is -2.46. The molecule has 1 aromatic carbocycles. The van der Waals surface area contributed by atoms with Crippen molar-refractivity contribution < 1.29 is 19.1 Å². The van der Waals surface area contributed by atoms with Crippen molar-refractivity contribution >= 4 is 11.9 Å². The molecule has 1 fully saturated rings. The lowest BCUT2D eigenvalue weighted by molar-refractivity contribution is -0.142. The lowest BCUT2D eigenvalue weighted by Gasteiger charge is -2.36. The zero-order chi connectivity index (χ0) is 20.5. The minimum atomic E-state index is -0.393. The first kappa shape index (κ1) is 22.2. The van der Waals surface area contributed by atoms with Crippen molar-refractivity contribution in [2.24, 2.45) is 5.73 Å². The fourth-order valence-electron chi connectivity index (χ4n) is 3.73. The molecule has 156 valence electrons. The summed E-state index contributed by atoms with van der Waals surface area (Å²) in [4.78, 5) is 25.5. The maximum absolute atomic E-state index is 11.8. The van der Waals surface area contributed by atoms with Gasteiger partial charge in [0.25, 0.3) is 0 Å². The zero-order valence-corrected chi connectivity index (χ0v) is 17.3. The SMILES string of the molecule is COC(=O)COc1c(C)cc(CN2CCCCC2CNC(=O)CCN)cc1C. The molecule has 1 saturated heterocycles. The Kier molecular flexibility index (Phi) is 8.73. The summed E-state index contributed by atoms with van der Waals surface area (Å²) in [6.07, 6.45) is 3.82. The number of likely N-dealkylation sites (tertiary alicyclic amines) is 1. The van der Waals surface area contributed by atoms with Crippen LogP contribution in [0.5, 0.6) is 5.75 Å². The summed E-state index contributed by atoms with van der Waals surface area (Å²) in [6, 6.07) is 4.56. The number of esters is 1. The van der Waals surface area contributed by atoms with Gasteiger partial charge in [-0.3, -0.25) is 9.69 Å². The first-order valence-corrected chi connectivity index (χ1v) is 9.95. The minimum absolute atomic E-state index is 0.0202. The summed E-state index contributed by atoms with van der Waals surface area (Å²) < 4.78 is 10.3. The number of amides is 1. The van der Waals surface area contributed by atoms with Crippen molar-refractivity contribution in [1.29, 1.82) is 0 Å². The van der Waals surface area contributed by atoms with E-state index in [1.54, 1.807) is 0 Å². The highest BCUT2D eigenvalue weighted by Crippen LogP contribution is 2.27. The van der Waals surface area contributed by atoms with Gasteiger partial charge >= 0.3 is 5.97 Å². The molecule has 1 aliphatic rings. The van der Waals surface area contributed by atoms with Gasteiger partial charge in [-0.15, -0.1) is 0 Å². The van der Waals surface area contributed by atoms with Crippen LogP contribution < -0.4 is 15.8 Å². The molecule has 2 rings (SSSR count). The van der Waals surface area contributed by atoms with Crippen LogP contribution in [0.15, 0.2) is 12.1 Å². The minimum Gasteiger partial charge on any atom is -0.481 e. The number of hydrogen-bond donors (Lipinski definition) is 2. The average Bonchev–Trinajstić information content (AvgIpc) is 2.66. The molecule has 0 spiro atoms. The average molecular weight is 392 g/mol. The molecule has 1 aliphatic heterocycles. The third-order valence-corrected chi connectivity index (χ3v) is 5.12. The van der Waals surface area contributed by atoms with E-state index < -0.39 is 5.97 Å². The van der Waals surface area contributed by atoms with E-state index in [0.29, 0.717) is 25.6 Å². The number of benzene rings is 1. The van der Waals surface area contributed by atoms with Gasteiger partial charge in [0.05, 0.1) is 7.11 Å². The van der Waals surface area contributed by atoms with Gasteiger partial charge in [0, 0.05) is 32.1 Å². The Balaban J connectivity index is 2.01. The number of nitrogens with two attached hydrogens (primary N) is 1. The monoisotopic (exact) mass is 391 g/mol. The van der Waals surface area contributed by atoms with Crippen LogP contribution in [0.3, 0.4) is 0 Å². The van der Waals surface area contributed by atoms with Gasteiger partial charge < -0.3 is 20.5 Å². The molecule has 0 aromatic heterocycles. The summed E-state index contributed by atoms with van der Waals surface area (Å²) in [5, 5.41) is 3.01. The quantitative estimate of drug-likeness (QED) is 0.622. The highest BCUT2D eigenvalue weighted by atomic mass is 16.6. The Hall–Kier alpha value is -2.12. The third-order valence-electron chi connectivity index (χ3n) is 5.12. The Labute approximate surface area is 167 Å². The molecule has 0 saturated carbocycles. The van der Waals surface area contributed by atoms with Crippen LogP contribution in [0.4, 0.5) is 0 Å². The highest BCUT2D eigenvalue weighted by molar-refractivity contribution is 5.76. The summed E-state index contributed by atoms with van der Waals surface area (Å²) in [7, 11) is 1.35. The smallest absolute Gasteiger partial charge is 0.343 e. The van der Waals surface area contributed by atoms with Gasteiger partial charge in [-0.1, -0.05) is 18.6 Å². The molecule has 1 amide bonds. The molecule has 0 bridgehead atoms. The van der Waals surface area contributed by atoms with Crippen LogP contribution in [0.25, 0.3) is 0 Å². The van der Waals surface area contributed by atoms with E-state index in [2.05, 4.69) is 27.1 Å². The Morgan fingerprint density at radius 2 is 1.96 bits per heavy atom. The normalized spacial score (nSPS) is 17.2. The fourth-order valence-corrected chi connectivity index (χ4v) is 3.73. The molecule has 1 atom stereocenters. The molecule has 1 aromatic rings. The molecule has 3 N–H and O–H groups in total. The van der Waals surface area contributed by atoms with E-state index in [4.69, 9.17) is 10.5 Å². The van der Waals surface area contributed by atoms with Gasteiger partial charge in [-0.05, 0) is 49.9 Å². The number of nitrogens with zero attached hydrogens (tertiary/aromatic N) is 1. The summed E-state index contributed by atoms with van der Waals surface area (Å²) in [5.41, 5.74) is 8.66. The molecule has 7 heteroatoms.